The third kappa shape index (κ3) is 6.18. The molecule has 7 heteroatoms. The minimum Gasteiger partial charge on any atom is -0.493 e. The largest absolute Gasteiger partial charge is 0.493 e. The molecule has 0 saturated carbocycles. The van der Waals surface area contributed by atoms with Crippen molar-refractivity contribution in [2.24, 2.45) is 0 Å². The van der Waals surface area contributed by atoms with E-state index in [0.29, 0.717) is 35.6 Å². The molecule has 0 fully saturated rings. The number of amides is 2. The lowest BCUT2D eigenvalue weighted by Gasteiger charge is -2.12. The summed E-state index contributed by atoms with van der Waals surface area (Å²) in [6.45, 7) is 0.375. The van der Waals surface area contributed by atoms with Crippen molar-refractivity contribution < 1.29 is 19.1 Å². The monoisotopic (exact) mass is 431 g/mol. The first kappa shape index (κ1) is 22.6. The van der Waals surface area contributed by atoms with Gasteiger partial charge in [-0.1, -0.05) is 30.3 Å². The van der Waals surface area contributed by atoms with Crippen LogP contribution < -0.4 is 20.1 Å². The Kier molecular flexibility index (Phi) is 7.97. The van der Waals surface area contributed by atoms with Crippen molar-refractivity contribution in [3.8, 4) is 11.5 Å². The molecule has 2 aromatic carbocycles. The summed E-state index contributed by atoms with van der Waals surface area (Å²) in [5.41, 5.74) is 2.28. The Hall–Kier alpha value is -4.13. The van der Waals surface area contributed by atoms with E-state index < -0.39 is 5.91 Å². The fraction of sp³-hybridized carbons (Fsp3) is 0.160. The fourth-order valence-electron chi connectivity index (χ4n) is 3.02. The number of methoxy groups -OCH3 is 2. The van der Waals surface area contributed by atoms with E-state index in [4.69, 9.17) is 9.47 Å². The summed E-state index contributed by atoms with van der Waals surface area (Å²) in [5, 5.41) is 5.57. The topological polar surface area (TPSA) is 89.5 Å². The minimum absolute atomic E-state index is 0.138. The van der Waals surface area contributed by atoms with E-state index >= 15 is 0 Å². The number of hydrogen-bond donors (Lipinski definition) is 2. The van der Waals surface area contributed by atoms with E-state index in [1.807, 2.05) is 24.3 Å². The van der Waals surface area contributed by atoms with Gasteiger partial charge in [-0.15, -0.1) is 0 Å². The van der Waals surface area contributed by atoms with Crippen LogP contribution in [0.25, 0.3) is 6.08 Å². The number of rotatable bonds is 9. The van der Waals surface area contributed by atoms with Crippen LogP contribution in [0.15, 0.2) is 78.8 Å². The van der Waals surface area contributed by atoms with Crippen molar-refractivity contribution in [1.29, 1.82) is 0 Å². The average Bonchev–Trinajstić information content (AvgIpc) is 2.84. The zero-order valence-electron chi connectivity index (χ0n) is 18.0. The van der Waals surface area contributed by atoms with Crippen LogP contribution in [-0.2, 0) is 11.2 Å². The highest BCUT2D eigenvalue weighted by molar-refractivity contribution is 6.05. The van der Waals surface area contributed by atoms with Gasteiger partial charge >= 0.3 is 0 Å². The second kappa shape index (κ2) is 11.3. The van der Waals surface area contributed by atoms with Crippen molar-refractivity contribution in [2.45, 2.75) is 6.42 Å². The van der Waals surface area contributed by atoms with E-state index in [2.05, 4.69) is 15.6 Å². The first-order valence-electron chi connectivity index (χ1n) is 10.1. The van der Waals surface area contributed by atoms with Crippen LogP contribution in [0.5, 0.6) is 11.5 Å². The van der Waals surface area contributed by atoms with Gasteiger partial charge in [-0.2, -0.15) is 0 Å². The molecule has 1 heterocycles. The number of carbonyl (C=O) groups is 2. The molecule has 0 bridgehead atoms. The molecule has 0 saturated heterocycles. The van der Waals surface area contributed by atoms with Gasteiger partial charge < -0.3 is 20.1 Å². The highest BCUT2D eigenvalue weighted by Gasteiger charge is 2.14. The summed E-state index contributed by atoms with van der Waals surface area (Å²) < 4.78 is 10.6. The third-order valence-electron chi connectivity index (χ3n) is 4.67. The molecule has 0 aliphatic rings. The lowest BCUT2D eigenvalue weighted by atomic mass is 10.1. The maximum Gasteiger partial charge on any atom is 0.267 e. The minimum atomic E-state index is -0.390. The van der Waals surface area contributed by atoms with E-state index in [1.54, 1.807) is 69.1 Å². The molecule has 3 aromatic rings. The predicted octanol–water partition coefficient (Wildman–Crippen LogP) is 3.23. The smallest absolute Gasteiger partial charge is 0.267 e. The molecule has 2 amide bonds. The quantitative estimate of drug-likeness (QED) is 0.508. The van der Waals surface area contributed by atoms with E-state index in [-0.39, 0.29) is 11.6 Å². The van der Waals surface area contributed by atoms with Gasteiger partial charge in [-0.05, 0) is 54.0 Å². The maximum absolute atomic E-state index is 12.9. The number of ether oxygens (including phenoxy) is 2. The summed E-state index contributed by atoms with van der Waals surface area (Å²) >= 11 is 0. The highest BCUT2D eigenvalue weighted by Crippen LogP contribution is 2.27. The first-order chi connectivity index (χ1) is 15.6. The Morgan fingerprint density at radius 2 is 1.75 bits per heavy atom. The molecular weight excluding hydrogens is 406 g/mol. The van der Waals surface area contributed by atoms with Gasteiger partial charge in [0, 0.05) is 24.5 Å². The zero-order chi connectivity index (χ0) is 22.8. The first-order valence-corrected chi connectivity index (χ1v) is 10.1. The lowest BCUT2D eigenvalue weighted by molar-refractivity contribution is -0.117. The van der Waals surface area contributed by atoms with Crippen LogP contribution in [0.4, 0.5) is 0 Å². The summed E-state index contributed by atoms with van der Waals surface area (Å²) in [6, 6.07) is 17.9. The Morgan fingerprint density at radius 1 is 0.969 bits per heavy atom. The predicted molar refractivity (Wildman–Crippen MR) is 122 cm³/mol. The molecule has 2 N–H and O–H groups in total. The van der Waals surface area contributed by atoms with Crippen molar-refractivity contribution in [2.75, 3.05) is 20.8 Å². The zero-order valence-corrected chi connectivity index (χ0v) is 18.0. The van der Waals surface area contributed by atoms with Gasteiger partial charge in [0.15, 0.2) is 11.5 Å². The number of benzene rings is 2. The van der Waals surface area contributed by atoms with Crippen LogP contribution in [0.3, 0.4) is 0 Å². The van der Waals surface area contributed by atoms with Crippen LogP contribution in [0, 0.1) is 0 Å². The second-order valence-corrected chi connectivity index (χ2v) is 6.86. The molecule has 0 aliphatic heterocycles. The number of aromatic nitrogens is 1. The molecule has 3 rings (SSSR count). The standard InChI is InChI=1S/C25H25N3O4/c1-31-22-11-10-18(16-23(22)32-2)12-14-27-25(30)21(15-19-7-6-13-26-17-19)28-24(29)20-8-4-3-5-9-20/h3-11,13,15-17H,12,14H2,1-2H3,(H,27,30)(H,28,29)/b21-15+. The SMILES string of the molecule is COc1ccc(CCNC(=O)/C(=C\c2cccnc2)NC(=O)c2ccccc2)cc1OC. The summed E-state index contributed by atoms with van der Waals surface area (Å²) in [5.74, 6) is 0.517. The van der Waals surface area contributed by atoms with Crippen LogP contribution in [-0.4, -0.2) is 37.6 Å². The fourth-order valence-corrected chi connectivity index (χ4v) is 3.02. The van der Waals surface area contributed by atoms with E-state index in [1.165, 1.54) is 0 Å². The Morgan fingerprint density at radius 3 is 2.44 bits per heavy atom. The lowest BCUT2D eigenvalue weighted by Crippen LogP contribution is -2.35. The molecule has 0 spiro atoms. The Bertz CT molecular complexity index is 1080. The van der Waals surface area contributed by atoms with Crippen molar-refractivity contribution in [3.05, 3.63) is 95.4 Å². The maximum atomic E-state index is 12.9. The van der Waals surface area contributed by atoms with Gasteiger partial charge in [-0.3, -0.25) is 14.6 Å². The normalized spacial score (nSPS) is 10.9. The highest BCUT2D eigenvalue weighted by atomic mass is 16.5. The molecule has 32 heavy (non-hydrogen) atoms. The van der Waals surface area contributed by atoms with Gasteiger partial charge in [0.05, 0.1) is 14.2 Å². The third-order valence-corrected chi connectivity index (χ3v) is 4.67. The van der Waals surface area contributed by atoms with Gasteiger partial charge in [0.25, 0.3) is 11.8 Å². The summed E-state index contributed by atoms with van der Waals surface area (Å²) in [6.07, 6.45) is 5.44. The van der Waals surface area contributed by atoms with Gasteiger partial charge in [0.2, 0.25) is 0 Å². The second-order valence-electron chi connectivity index (χ2n) is 6.86. The molecule has 7 nitrogen and oxygen atoms in total. The number of carbonyl (C=O) groups excluding carboxylic acids is 2. The van der Waals surface area contributed by atoms with Crippen LogP contribution in [0.1, 0.15) is 21.5 Å². The van der Waals surface area contributed by atoms with Crippen LogP contribution in [0.2, 0.25) is 0 Å². The number of pyridine rings is 1. The molecule has 164 valence electrons. The average molecular weight is 431 g/mol. The number of hydrogen-bond acceptors (Lipinski definition) is 5. The van der Waals surface area contributed by atoms with Crippen molar-refractivity contribution in [1.82, 2.24) is 15.6 Å². The van der Waals surface area contributed by atoms with E-state index in [9.17, 15) is 9.59 Å². The van der Waals surface area contributed by atoms with Crippen molar-refractivity contribution >= 4 is 17.9 Å². The molecular formula is C25H25N3O4. The summed E-state index contributed by atoms with van der Waals surface area (Å²) in [7, 11) is 3.16. The number of nitrogens with zero attached hydrogens (tertiary/aromatic N) is 1. The van der Waals surface area contributed by atoms with Gasteiger partial charge in [0.1, 0.15) is 5.70 Å². The summed E-state index contributed by atoms with van der Waals surface area (Å²) in [4.78, 5) is 29.5. The Labute approximate surface area is 187 Å². The molecule has 0 aliphatic carbocycles. The number of nitrogens with one attached hydrogen (secondary N) is 2. The van der Waals surface area contributed by atoms with E-state index in [0.717, 1.165) is 5.56 Å². The van der Waals surface area contributed by atoms with Crippen molar-refractivity contribution in [3.63, 3.8) is 0 Å². The molecule has 1 aromatic heterocycles. The van der Waals surface area contributed by atoms with Crippen LogP contribution >= 0.6 is 0 Å². The Balaban J connectivity index is 1.70. The van der Waals surface area contributed by atoms with Gasteiger partial charge in [-0.25, -0.2) is 0 Å². The molecule has 0 unspecified atom stereocenters. The molecule has 0 atom stereocenters. The molecule has 0 radical (unpaired) electrons.